The number of furan rings is 1. The van der Waals surface area contributed by atoms with Crippen molar-refractivity contribution < 1.29 is 14.0 Å². The number of carbonyl (C=O) groups excluding carboxylic acids is 2. The van der Waals surface area contributed by atoms with Crippen molar-refractivity contribution in [3.05, 3.63) is 58.4 Å². The van der Waals surface area contributed by atoms with Crippen LogP contribution in [0.2, 0.25) is 0 Å². The Morgan fingerprint density at radius 2 is 2.00 bits per heavy atom. The first-order valence-corrected chi connectivity index (χ1v) is 10.5. The summed E-state index contributed by atoms with van der Waals surface area (Å²) in [5.41, 5.74) is 5.53. The Kier molecular flexibility index (Phi) is 5.24. The van der Waals surface area contributed by atoms with Gasteiger partial charge >= 0.3 is 0 Å². The smallest absolute Gasteiger partial charge is 0.290 e. The van der Waals surface area contributed by atoms with E-state index in [1.54, 1.807) is 17.0 Å². The molecule has 0 spiro atoms. The van der Waals surface area contributed by atoms with E-state index in [4.69, 9.17) is 4.42 Å². The second-order valence-corrected chi connectivity index (χ2v) is 8.27. The van der Waals surface area contributed by atoms with E-state index in [0.717, 1.165) is 23.2 Å². The molecule has 0 aliphatic carbocycles. The van der Waals surface area contributed by atoms with Crippen LogP contribution < -0.4 is 5.32 Å². The van der Waals surface area contributed by atoms with E-state index in [2.05, 4.69) is 43.2 Å². The Labute approximate surface area is 173 Å². The lowest BCUT2D eigenvalue weighted by Crippen LogP contribution is -2.43. The van der Waals surface area contributed by atoms with Gasteiger partial charge in [0.05, 0.1) is 12.0 Å². The average molecular weight is 410 g/mol. The molecule has 1 atom stereocenters. The molecule has 3 heterocycles. The lowest BCUT2D eigenvalue weighted by Gasteiger charge is -2.22. The van der Waals surface area contributed by atoms with Crippen molar-refractivity contribution in [3.8, 4) is 11.3 Å². The van der Waals surface area contributed by atoms with E-state index in [-0.39, 0.29) is 17.6 Å². The zero-order valence-corrected chi connectivity index (χ0v) is 17.5. The molecule has 1 fully saturated rings. The van der Waals surface area contributed by atoms with Gasteiger partial charge in [0.2, 0.25) is 5.91 Å². The van der Waals surface area contributed by atoms with Gasteiger partial charge in [-0.15, -0.1) is 11.3 Å². The summed E-state index contributed by atoms with van der Waals surface area (Å²) in [6.07, 6.45) is 2.88. The lowest BCUT2D eigenvalue weighted by atomic mass is 9.99. The van der Waals surface area contributed by atoms with Crippen LogP contribution in [0.25, 0.3) is 11.3 Å². The fourth-order valence-corrected chi connectivity index (χ4v) is 4.42. The molecule has 29 heavy (non-hydrogen) atoms. The number of nitrogens with one attached hydrogen (secondary N) is 1. The van der Waals surface area contributed by atoms with Crippen molar-refractivity contribution in [2.45, 2.75) is 39.7 Å². The molecule has 1 N–H and O–H groups in total. The van der Waals surface area contributed by atoms with E-state index < -0.39 is 6.04 Å². The van der Waals surface area contributed by atoms with E-state index in [9.17, 15) is 9.59 Å². The van der Waals surface area contributed by atoms with Crippen LogP contribution in [0, 0.1) is 20.8 Å². The molecule has 1 aromatic carbocycles. The molecule has 150 valence electrons. The van der Waals surface area contributed by atoms with E-state index in [1.807, 2.05) is 5.38 Å². The number of thiazole rings is 1. The van der Waals surface area contributed by atoms with Crippen LogP contribution in [0.5, 0.6) is 0 Å². The Hall–Kier alpha value is -2.93. The number of carbonyl (C=O) groups is 2. The Balaban J connectivity index is 1.49. The number of likely N-dealkylation sites (tertiary alicyclic amines) is 1. The minimum Gasteiger partial charge on any atom is -0.459 e. The molecule has 1 unspecified atom stereocenters. The molecule has 0 saturated carbocycles. The van der Waals surface area contributed by atoms with Gasteiger partial charge in [-0.2, -0.15) is 0 Å². The zero-order valence-electron chi connectivity index (χ0n) is 16.7. The number of amides is 2. The van der Waals surface area contributed by atoms with Gasteiger partial charge < -0.3 is 14.6 Å². The standard InChI is InChI=1S/C22H23N3O3S/c1-13-10-15(3)16(11-14(13)2)17-12-29-22(23-17)24-20(26)18-6-4-8-25(18)21(27)19-7-5-9-28-19/h5,7,9-12,18H,4,6,8H2,1-3H3,(H,23,24,26). The lowest BCUT2D eigenvalue weighted by molar-refractivity contribution is -0.119. The molecule has 3 aromatic rings. The minimum atomic E-state index is -0.511. The number of aryl methyl sites for hydroxylation is 3. The predicted octanol–water partition coefficient (Wildman–Crippen LogP) is 4.57. The Morgan fingerprint density at radius 1 is 1.21 bits per heavy atom. The van der Waals surface area contributed by atoms with Gasteiger partial charge in [0.1, 0.15) is 6.04 Å². The third-order valence-electron chi connectivity index (χ3n) is 5.40. The number of nitrogens with zero attached hydrogens (tertiary/aromatic N) is 2. The van der Waals surface area contributed by atoms with Crippen molar-refractivity contribution in [1.82, 2.24) is 9.88 Å². The number of benzene rings is 1. The number of hydrogen-bond donors (Lipinski definition) is 1. The Bertz CT molecular complexity index is 1060. The highest BCUT2D eigenvalue weighted by Gasteiger charge is 2.35. The van der Waals surface area contributed by atoms with Gasteiger partial charge in [-0.3, -0.25) is 9.59 Å². The topological polar surface area (TPSA) is 75.4 Å². The van der Waals surface area contributed by atoms with Crippen LogP contribution in [0.15, 0.2) is 40.3 Å². The number of hydrogen-bond acceptors (Lipinski definition) is 5. The molecule has 2 aromatic heterocycles. The maximum absolute atomic E-state index is 12.8. The monoisotopic (exact) mass is 409 g/mol. The zero-order chi connectivity index (χ0) is 20.5. The van der Waals surface area contributed by atoms with Gasteiger partial charge in [0.15, 0.2) is 10.9 Å². The fraction of sp³-hybridized carbons (Fsp3) is 0.318. The van der Waals surface area contributed by atoms with Crippen molar-refractivity contribution >= 4 is 28.3 Å². The first-order valence-electron chi connectivity index (χ1n) is 9.63. The summed E-state index contributed by atoms with van der Waals surface area (Å²) in [5.74, 6) is -0.204. The average Bonchev–Trinajstić information content (AvgIpc) is 3.45. The predicted molar refractivity (Wildman–Crippen MR) is 113 cm³/mol. The number of rotatable bonds is 4. The fourth-order valence-electron chi connectivity index (χ4n) is 3.70. The van der Waals surface area contributed by atoms with Crippen LogP contribution in [0.3, 0.4) is 0 Å². The second-order valence-electron chi connectivity index (χ2n) is 7.41. The normalized spacial score (nSPS) is 16.2. The van der Waals surface area contributed by atoms with E-state index in [0.29, 0.717) is 18.1 Å². The molecule has 1 aliphatic rings. The van der Waals surface area contributed by atoms with Gasteiger partial charge in [0, 0.05) is 17.5 Å². The summed E-state index contributed by atoms with van der Waals surface area (Å²) in [6, 6.07) is 7.06. The van der Waals surface area contributed by atoms with E-state index >= 15 is 0 Å². The molecule has 1 saturated heterocycles. The van der Waals surface area contributed by atoms with Gasteiger partial charge in [-0.1, -0.05) is 6.07 Å². The number of anilines is 1. The third kappa shape index (κ3) is 3.82. The molecular weight excluding hydrogens is 386 g/mol. The van der Waals surface area contributed by atoms with Crippen LogP contribution in [0.1, 0.15) is 40.1 Å². The summed E-state index contributed by atoms with van der Waals surface area (Å²) in [4.78, 5) is 31.6. The maximum Gasteiger partial charge on any atom is 0.290 e. The minimum absolute atomic E-state index is 0.208. The molecule has 2 amide bonds. The second kappa shape index (κ2) is 7.83. The van der Waals surface area contributed by atoms with Crippen LogP contribution >= 0.6 is 11.3 Å². The van der Waals surface area contributed by atoms with Crippen LogP contribution in [0.4, 0.5) is 5.13 Å². The Morgan fingerprint density at radius 3 is 2.76 bits per heavy atom. The highest BCUT2D eigenvalue weighted by Crippen LogP contribution is 2.30. The molecule has 6 nitrogen and oxygen atoms in total. The molecular formula is C22H23N3O3S. The molecule has 1 aliphatic heterocycles. The first-order chi connectivity index (χ1) is 13.9. The van der Waals surface area contributed by atoms with Gasteiger partial charge in [0.25, 0.3) is 5.91 Å². The SMILES string of the molecule is Cc1cc(C)c(-c2csc(NC(=O)C3CCCN3C(=O)c3ccco3)n2)cc1C. The summed E-state index contributed by atoms with van der Waals surface area (Å²) in [7, 11) is 0. The third-order valence-corrected chi connectivity index (χ3v) is 6.16. The van der Waals surface area contributed by atoms with Gasteiger partial charge in [-0.05, 0) is 68.5 Å². The highest BCUT2D eigenvalue weighted by atomic mass is 32.1. The van der Waals surface area contributed by atoms with Crippen LogP contribution in [-0.4, -0.2) is 34.3 Å². The number of aromatic nitrogens is 1. The summed E-state index contributed by atoms with van der Waals surface area (Å²) >= 11 is 1.39. The summed E-state index contributed by atoms with van der Waals surface area (Å²) < 4.78 is 5.20. The quantitative estimate of drug-likeness (QED) is 0.685. The van der Waals surface area contributed by atoms with Crippen molar-refractivity contribution in [2.75, 3.05) is 11.9 Å². The molecule has 0 radical (unpaired) electrons. The van der Waals surface area contributed by atoms with Crippen LogP contribution in [-0.2, 0) is 4.79 Å². The van der Waals surface area contributed by atoms with Crippen molar-refractivity contribution in [1.29, 1.82) is 0 Å². The summed E-state index contributed by atoms with van der Waals surface area (Å²) in [6.45, 7) is 6.78. The summed E-state index contributed by atoms with van der Waals surface area (Å²) in [5, 5.41) is 5.39. The molecule has 0 bridgehead atoms. The van der Waals surface area contributed by atoms with Crippen molar-refractivity contribution in [3.63, 3.8) is 0 Å². The van der Waals surface area contributed by atoms with Crippen molar-refractivity contribution in [2.24, 2.45) is 0 Å². The van der Waals surface area contributed by atoms with Gasteiger partial charge in [-0.25, -0.2) is 4.98 Å². The highest BCUT2D eigenvalue weighted by molar-refractivity contribution is 7.14. The molecule has 7 heteroatoms. The molecule has 4 rings (SSSR count). The largest absolute Gasteiger partial charge is 0.459 e. The first kappa shape index (κ1) is 19.4. The van der Waals surface area contributed by atoms with E-state index in [1.165, 1.54) is 28.7 Å². The maximum atomic E-state index is 12.8.